The minimum atomic E-state index is -3.59. The maximum Gasteiger partial charge on any atom is 0.259 e. The van der Waals surface area contributed by atoms with Crippen LogP contribution in [-0.4, -0.2) is 50.4 Å². The fourth-order valence-electron chi connectivity index (χ4n) is 2.55. The van der Waals surface area contributed by atoms with E-state index >= 15 is 0 Å². The molecule has 2 amide bonds. The van der Waals surface area contributed by atoms with Crippen molar-refractivity contribution in [1.29, 1.82) is 0 Å². The summed E-state index contributed by atoms with van der Waals surface area (Å²) in [4.78, 5) is 24.1. The highest BCUT2D eigenvalue weighted by Crippen LogP contribution is 2.16. The molecule has 0 bridgehead atoms. The Bertz CT molecular complexity index is 1020. The zero-order valence-electron chi connectivity index (χ0n) is 16.6. The van der Waals surface area contributed by atoms with Gasteiger partial charge in [-0.3, -0.25) is 9.59 Å². The summed E-state index contributed by atoms with van der Waals surface area (Å²) in [6, 6.07) is 12.5. The number of amides is 2. The highest BCUT2D eigenvalue weighted by atomic mass is 35.5. The minimum absolute atomic E-state index is 0.106. The lowest BCUT2D eigenvalue weighted by atomic mass is 10.2. The third-order valence-corrected chi connectivity index (χ3v) is 6.58. The Kier molecular flexibility index (Phi) is 8.52. The Labute approximate surface area is 181 Å². The van der Waals surface area contributed by atoms with Crippen molar-refractivity contribution in [1.82, 2.24) is 15.0 Å². The molecule has 0 spiro atoms. The van der Waals surface area contributed by atoms with Gasteiger partial charge >= 0.3 is 0 Å². The molecule has 0 aliphatic carbocycles. The van der Waals surface area contributed by atoms with Crippen LogP contribution < -0.4 is 10.7 Å². The number of hydrazone groups is 1. The highest BCUT2D eigenvalue weighted by Gasteiger charge is 2.21. The van der Waals surface area contributed by atoms with Gasteiger partial charge in [-0.15, -0.1) is 0 Å². The number of rotatable bonds is 9. The quantitative estimate of drug-likeness (QED) is 0.451. The summed E-state index contributed by atoms with van der Waals surface area (Å²) in [6.45, 7) is 3.93. The molecule has 0 radical (unpaired) electrons. The molecule has 0 saturated carbocycles. The topological polar surface area (TPSA) is 108 Å². The molecular formula is C20H23ClN4O4S. The number of carbonyl (C=O) groups is 2. The van der Waals surface area contributed by atoms with E-state index in [4.69, 9.17) is 11.6 Å². The number of nitrogens with zero attached hydrogens (tertiary/aromatic N) is 2. The van der Waals surface area contributed by atoms with Gasteiger partial charge in [0.1, 0.15) is 0 Å². The molecule has 0 saturated heterocycles. The van der Waals surface area contributed by atoms with Gasteiger partial charge < -0.3 is 5.32 Å². The maximum absolute atomic E-state index is 12.5. The summed E-state index contributed by atoms with van der Waals surface area (Å²) in [5, 5.41) is 6.74. The zero-order chi connectivity index (χ0) is 22.1. The molecule has 0 heterocycles. The second-order valence-corrected chi connectivity index (χ2v) is 8.46. The molecule has 8 nitrogen and oxygen atoms in total. The monoisotopic (exact) mass is 450 g/mol. The van der Waals surface area contributed by atoms with Crippen molar-refractivity contribution in [2.45, 2.75) is 18.7 Å². The Morgan fingerprint density at radius 3 is 2.30 bits per heavy atom. The minimum Gasteiger partial charge on any atom is -0.343 e. The summed E-state index contributed by atoms with van der Waals surface area (Å²) < 4.78 is 26.3. The first-order valence-corrected chi connectivity index (χ1v) is 11.1. The van der Waals surface area contributed by atoms with Gasteiger partial charge in [-0.1, -0.05) is 43.6 Å². The summed E-state index contributed by atoms with van der Waals surface area (Å²) in [7, 11) is -3.59. The average molecular weight is 451 g/mol. The van der Waals surface area contributed by atoms with E-state index in [-0.39, 0.29) is 17.0 Å². The molecule has 0 atom stereocenters. The number of hydrogen-bond acceptors (Lipinski definition) is 5. The summed E-state index contributed by atoms with van der Waals surface area (Å²) in [6.07, 6.45) is 1.40. The lowest BCUT2D eigenvalue weighted by Gasteiger charge is -2.18. The van der Waals surface area contributed by atoms with E-state index in [1.807, 2.05) is 0 Å². The largest absolute Gasteiger partial charge is 0.343 e. The van der Waals surface area contributed by atoms with E-state index < -0.39 is 21.8 Å². The van der Waals surface area contributed by atoms with E-state index in [9.17, 15) is 18.0 Å². The van der Waals surface area contributed by atoms with E-state index in [0.717, 1.165) is 0 Å². The Hall–Kier alpha value is -2.75. The first-order chi connectivity index (χ1) is 14.3. The number of sulfonamides is 1. The van der Waals surface area contributed by atoms with Gasteiger partial charge in [0.05, 0.1) is 17.7 Å². The first-order valence-electron chi connectivity index (χ1n) is 9.24. The van der Waals surface area contributed by atoms with Crippen LogP contribution in [-0.2, 0) is 14.8 Å². The molecule has 2 rings (SSSR count). The third-order valence-electron chi connectivity index (χ3n) is 4.17. The molecule has 10 heteroatoms. The van der Waals surface area contributed by atoms with Gasteiger partial charge in [0.2, 0.25) is 10.0 Å². The third kappa shape index (κ3) is 6.12. The van der Waals surface area contributed by atoms with Gasteiger partial charge in [0.15, 0.2) is 0 Å². The van der Waals surface area contributed by atoms with Crippen LogP contribution in [0.4, 0.5) is 0 Å². The van der Waals surface area contributed by atoms with Gasteiger partial charge in [-0.2, -0.15) is 9.41 Å². The highest BCUT2D eigenvalue weighted by molar-refractivity contribution is 7.89. The van der Waals surface area contributed by atoms with Crippen LogP contribution in [0.15, 0.2) is 58.5 Å². The van der Waals surface area contributed by atoms with Crippen molar-refractivity contribution >= 4 is 39.7 Å². The molecule has 30 heavy (non-hydrogen) atoms. The summed E-state index contributed by atoms with van der Waals surface area (Å²) >= 11 is 5.98. The van der Waals surface area contributed by atoms with E-state index in [1.165, 1.54) is 34.8 Å². The molecule has 0 fully saturated rings. The smallest absolute Gasteiger partial charge is 0.259 e. The van der Waals surface area contributed by atoms with Gasteiger partial charge in [0, 0.05) is 29.2 Å². The number of halogens is 1. The lowest BCUT2D eigenvalue weighted by molar-refractivity contribution is -0.120. The number of hydrogen-bond donors (Lipinski definition) is 2. The SMILES string of the molecule is CCN(CC)S(=O)(=O)c1ccc(C(=O)NCC(=O)N/N=C/c2ccccc2Cl)cc1. The van der Waals surface area contributed by atoms with E-state index in [0.29, 0.717) is 23.7 Å². The van der Waals surface area contributed by atoms with Gasteiger partial charge in [0.25, 0.3) is 11.8 Å². The van der Waals surface area contributed by atoms with E-state index in [1.54, 1.807) is 38.1 Å². The second-order valence-electron chi connectivity index (χ2n) is 6.11. The van der Waals surface area contributed by atoms with Crippen molar-refractivity contribution < 1.29 is 18.0 Å². The Morgan fingerprint density at radius 2 is 1.70 bits per heavy atom. The maximum atomic E-state index is 12.5. The summed E-state index contributed by atoms with van der Waals surface area (Å²) in [5.74, 6) is -1.03. The van der Waals surface area contributed by atoms with Crippen LogP contribution in [0.2, 0.25) is 5.02 Å². The Morgan fingerprint density at radius 1 is 1.07 bits per heavy atom. The predicted octanol–water partition coefficient (Wildman–Crippen LogP) is 2.25. The average Bonchev–Trinajstić information content (AvgIpc) is 2.74. The fourth-order valence-corrected chi connectivity index (χ4v) is 4.19. The molecule has 160 valence electrons. The standard InChI is InChI=1S/C20H23ClN4O4S/c1-3-25(4-2)30(28,29)17-11-9-15(10-12-17)20(27)22-14-19(26)24-23-13-16-7-5-6-8-18(16)21/h5-13H,3-4,14H2,1-2H3,(H,22,27)(H,24,26)/b23-13+. The Balaban J connectivity index is 1.90. The molecule has 0 aliphatic rings. The van der Waals surface area contributed by atoms with E-state index in [2.05, 4.69) is 15.8 Å². The molecule has 0 aromatic heterocycles. The van der Waals surface area contributed by atoms with Crippen LogP contribution >= 0.6 is 11.6 Å². The normalized spacial score (nSPS) is 11.6. The first kappa shape index (κ1) is 23.5. The van der Waals surface area contributed by atoms with Crippen molar-refractivity contribution in [3.63, 3.8) is 0 Å². The lowest BCUT2D eigenvalue weighted by Crippen LogP contribution is -2.35. The molecule has 0 aliphatic heterocycles. The number of benzene rings is 2. The molecular weight excluding hydrogens is 428 g/mol. The van der Waals surface area contributed by atoms with Gasteiger partial charge in [-0.25, -0.2) is 13.8 Å². The zero-order valence-corrected chi connectivity index (χ0v) is 18.2. The van der Waals surface area contributed by atoms with Crippen LogP contribution in [0.1, 0.15) is 29.8 Å². The van der Waals surface area contributed by atoms with Gasteiger partial charge in [-0.05, 0) is 30.3 Å². The molecule has 2 aromatic carbocycles. The van der Waals surface area contributed by atoms with Crippen LogP contribution in [0.5, 0.6) is 0 Å². The summed E-state index contributed by atoms with van der Waals surface area (Å²) in [5.41, 5.74) is 3.17. The molecule has 2 aromatic rings. The van der Waals surface area contributed by atoms with Crippen LogP contribution in [0.25, 0.3) is 0 Å². The van der Waals surface area contributed by atoms with Crippen molar-refractivity contribution in [3.8, 4) is 0 Å². The van der Waals surface area contributed by atoms with Crippen molar-refractivity contribution in [3.05, 3.63) is 64.7 Å². The fraction of sp³-hybridized carbons (Fsp3) is 0.250. The van der Waals surface area contributed by atoms with Crippen molar-refractivity contribution in [2.75, 3.05) is 19.6 Å². The number of nitrogens with one attached hydrogen (secondary N) is 2. The van der Waals surface area contributed by atoms with Crippen molar-refractivity contribution in [2.24, 2.45) is 5.10 Å². The second kappa shape index (κ2) is 10.9. The number of carbonyl (C=O) groups excluding carboxylic acids is 2. The predicted molar refractivity (Wildman–Crippen MR) is 116 cm³/mol. The van der Waals surface area contributed by atoms with Crippen LogP contribution in [0.3, 0.4) is 0 Å². The molecule has 2 N–H and O–H groups in total. The van der Waals surface area contributed by atoms with Crippen LogP contribution in [0, 0.1) is 0 Å². The molecule has 0 unspecified atom stereocenters.